The molecule has 3 aromatic rings. The molecule has 0 saturated carbocycles. The molecule has 0 unspecified atom stereocenters. The molecule has 0 saturated heterocycles. The average molecular weight is 364 g/mol. The number of benzene rings is 2. The predicted octanol–water partition coefficient (Wildman–Crippen LogP) is 2.08. The van der Waals surface area contributed by atoms with Crippen molar-refractivity contribution in [3.8, 4) is 0 Å². The zero-order valence-corrected chi connectivity index (χ0v) is 15.2. The van der Waals surface area contributed by atoms with Crippen LogP contribution in [0.25, 0.3) is 10.8 Å². The van der Waals surface area contributed by atoms with E-state index in [1.54, 1.807) is 42.3 Å². The van der Waals surface area contributed by atoms with Crippen LogP contribution in [0, 0.1) is 0 Å². The number of hydrogen-bond donors (Lipinski definition) is 2. The molecule has 27 heavy (non-hydrogen) atoms. The van der Waals surface area contributed by atoms with E-state index >= 15 is 0 Å². The Hall–Kier alpha value is -3.48. The molecule has 7 nitrogen and oxygen atoms in total. The topological polar surface area (TPSA) is 95.2 Å². The lowest BCUT2D eigenvalue weighted by molar-refractivity contribution is -0.128. The fourth-order valence-corrected chi connectivity index (χ4v) is 2.80. The number of H-pyrrole nitrogens is 1. The summed E-state index contributed by atoms with van der Waals surface area (Å²) < 4.78 is 0. The Bertz CT molecular complexity index is 1060. The standard InChI is InChI=1S/C20H20N4O3/c1-13(25)24(2)12-14-6-5-7-15(10-14)21-19(26)11-18-16-8-3-4-9-17(16)20(27)23-22-18/h3-10H,11-12H2,1-2H3,(H,21,26)(H,23,27). The second-order valence-corrected chi connectivity index (χ2v) is 6.35. The Balaban J connectivity index is 1.74. The second-order valence-electron chi connectivity index (χ2n) is 6.35. The van der Waals surface area contributed by atoms with Crippen LogP contribution in [0.2, 0.25) is 0 Å². The number of nitrogens with one attached hydrogen (secondary N) is 2. The molecule has 0 fully saturated rings. The van der Waals surface area contributed by atoms with Gasteiger partial charge in [0.05, 0.1) is 17.5 Å². The van der Waals surface area contributed by atoms with E-state index < -0.39 is 0 Å². The van der Waals surface area contributed by atoms with Crippen molar-refractivity contribution in [3.05, 3.63) is 70.1 Å². The molecule has 138 valence electrons. The Kier molecular flexibility index (Phi) is 5.30. The molecular formula is C20H20N4O3. The number of fused-ring (bicyclic) bond motifs is 1. The molecule has 0 spiro atoms. The number of hydrogen-bond acceptors (Lipinski definition) is 4. The van der Waals surface area contributed by atoms with Crippen LogP contribution in [0.4, 0.5) is 5.69 Å². The smallest absolute Gasteiger partial charge is 0.272 e. The third-order valence-corrected chi connectivity index (χ3v) is 4.27. The van der Waals surface area contributed by atoms with E-state index in [9.17, 15) is 14.4 Å². The summed E-state index contributed by atoms with van der Waals surface area (Å²) in [6.45, 7) is 1.97. The van der Waals surface area contributed by atoms with E-state index in [0.29, 0.717) is 28.7 Å². The van der Waals surface area contributed by atoms with E-state index in [1.165, 1.54) is 6.92 Å². The minimum atomic E-state index is -0.281. The summed E-state index contributed by atoms with van der Waals surface area (Å²) in [6.07, 6.45) is 0.0366. The second kappa shape index (κ2) is 7.82. The van der Waals surface area contributed by atoms with Gasteiger partial charge in [-0.05, 0) is 23.8 Å². The van der Waals surface area contributed by atoms with Gasteiger partial charge in [-0.15, -0.1) is 0 Å². The van der Waals surface area contributed by atoms with Gasteiger partial charge in [0.2, 0.25) is 11.8 Å². The minimum absolute atomic E-state index is 0.0274. The van der Waals surface area contributed by atoms with Crippen LogP contribution in [0.15, 0.2) is 53.3 Å². The van der Waals surface area contributed by atoms with Crippen LogP contribution in [0.5, 0.6) is 0 Å². The van der Waals surface area contributed by atoms with Crippen LogP contribution in [-0.2, 0) is 22.6 Å². The van der Waals surface area contributed by atoms with Crippen molar-refractivity contribution in [2.24, 2.45) is 0 Å². The van der Waals surface area contributed by atoms with Gasteiger partial charge in [0.15, 0.2) is 0 Å². The summed E-state index contributed by atoms with van der Waals surface area (Å²) in [5.41, 5.74) is 1.79. The molecule has 2 aromatic carbocycles. The highest BCUT2D eigenvalue weighted by atomic mass is 16.2. The zero-order valence-electron chi connectivity index (χ0n) is 15.2. The highest BCUT2D eigenvalue weighted by Gasteiger charge is 2.11. The van der Waals surface area contributed by atoms with Gasteiger partial charge in [0, 0.05) is 31.6 Å². The maximum atomic E-state index is 12.4. The third-order valence-electron chi connectivity index (χ3n) is 4.27. The number of rotatable bonds is 5. The van der Waals surface area contributed by atoms with E-state index in [-0.39, 0.29) is 23.8 Å². The molecule has 2 N–H and O–H groups in total. The number of carbonyl (C=O) groups excluding carboxylic acids is 2. The molecule has 1 heterocycles. The number of anilines is 1. The Morgan fingerprint density at radius 3 is 2.59 bits per heavy atom. The van der Waals surface area contributed by atoms with Crippen molar-refractivity contribution >= 4 is 28.3 Å². The largest absolute Gasteiger partial charge is 0.342 e. The molecule has 3 rings (SSSR count). The van der Waals surface area contributed by atoms with Crippen molar-refractivity contribution in [2.75, 3.05) is 12.4 Å². The first-order chi connectivity index (χ1) is 12.9. The van der Waals surface area contributed by atoms with Gasteiger partial charge >= 0.3 is 0 Å². The molecule has 0 atom stereocenters. The first kappa shape index (κ1) is 18.3. The summed E-state index contributed by atoms with van der Waals surface area (Å²) in [5, 5.41) is 10.5. The Morgan fingerprint density at radius 1 is 1.11 bits per heavy atom. The maximum absolute atomic E-state index is 12.4. The van der Waals surface area contributed by atoms with Gasteiger partial charge in [-0.3, -0.25) is 14.4 Å². The number of carbonyl (C=O) groups is 2. The number of amides is 2. The average Bonchev–Trinajstić information content (AvgIpc) is 2.64. The predicted molar refractivity (Wildman–Crippen MR) is 103 cm³/mol. The molecular weight excluding hydrogens is 344 g/mol. The number of aromatic amines is 1. The van der Waals surface area contributed by atoms with Crippen LogP contribution in [0.3, 0.4) is 0 Å². The Labute approximate surface area is 156 Å². The lowest BCUT2D eigenvalue weighted by Gasteiger charge is -2.15. The SMILES string of the molecule is CC(=O)N(C)Cc1cccc(NC(=O)Cc2n[nH]c(=O)c3ccccc23)c1. The highest BCUT2D eigenvalue weighted by Crippen LogP contribution is 2.15. The summed E-state index contributed by atoms with van der Waals surface area (Å²) in [6, 6.07) is 14.4. The number of aromatic nitrogens is 2. The monoisotopic (exact) mass is 364 g/mol. The number of nitrogens with zero attached hydrogens (tertiary/aromatic N) is 2. The van der Waals surface area contributed by atoms with E-state index in [2.05, 4.69) is 15.5 Å². The molecule has 0 radical (unpaired) electrons. The van der Waals surface area contributed by atoms with Crippen molar-refractivity contribution in [1.29, 1.82) is 0 Å². The normalized spacial score (nSPS) is 10.6. The molecule has 0 aliphatic rings. The van der Waals surface area contributed by atoms with Gasteiger partial charge in [-0.25, -0.2) is 5.10 Å². The molecule has 7 heteroatoms. The van der Waals surface area contributed by atoms with Gasteiger partial charge in [-0.2, -0.15) is 5.10 Å². The lowest BCUT2D eigenvalue weighted by atomic mass is 10.1. The van der Waals surface area contributed by atoms with Crippen molar-refractivity contribution in [3.63, 3.8) is 0 Å². The van der Waals surface area contributed by atoms with Gasteiger partial charge < -0.3 is 10.2 Å². The highest BCUT2D eigenvalue weighted by molar-refractivity contribution is 5.95. The Morgan fingerprint density at radius 2 is 1.85 bits per heavy atom. The first-order valence-electron chi connectivity index (χ1n) is 8.51. The molecule has 0 bridgehead atoms. The van der Waals surface area contributed by atoms with Gasteiger partial charge in [0.1, 0.15) is 0 Å². The summed E-state index contributed by atoms with van der Waals surface area (Å²) >= 11 is 0. The molecule has 2 amide bonds. The quantitative estimate of drug-likeness (QED) is 0.725. The van der Waals surface area contributed by atoms with E-state index in [4.69, 9.17) is 0 Å². The lowest BCUT2D eigenvalue weighted by Crippen LogP contribution is -2.23. The van der Waals surface area contributed by atoms with Crippen molar-refractivity contribution < 1.29 is 9.59 Å². The zero-order chi connectivity index (χ0) is 19.4. The molecule has 0 aliphatic heterocycles. The van der Waals surface area contributed by atoms with Gasteiger partial charge in [-0.1, -0.05) is 30.3 Å². The summed E-state index contributed by atoms with van der Waals surface area (Å²) in [5.74, 6) is -0.266. The van der Waals surface area contributed by atoms with E-state index in [1.807, 2.05) is 18.2 Å². The maximum Gasteiger partial charge on any atom is 0.272 e. The fraction of sp³-hybridized carbons (Fsp3) is 0.200. The van der Waals surface area contributed by atoms with Crippen LogP contribution in [0.1, 0.15) is 18.2 Å². The van der Waals surface area contributed by atoms with Crippen LogP contribution in [-0.4, -0.2) is 34.0 Å². The van der Waals surface area contributed by atoms with Crippen molar-refractivity contribution in [2.45, 2.75) is 19.9 Å². The van der Waals surface area contributed by atoms with E-state index in [0.717, 1.165) is 5.56 Å². The van der Waals surface area contributed by atoms with Crippen LogP contribution >= 0.6 is 0 Å². The summed E-state index contributed by atoms with van der Waals surface area (Å²) in [4.78, 5) is 37.2. The summed E-state index contributed by atoms with van der Waals surface area (Å²) in [7, 11) is 1.72. The van der Waals surface area contributed by atoms with Crippen LogP contribution < -0.4 is 10.9 Å². The fourth-order valence-electron chi connectivity index (χ4n) is 2.80. The van der Waals surface area contributed by atoms with Crippen molar-refractivity contribution in [1.82, 2.24) is 15.1 Å². The first-order valence-corrected chi connectivity index (χ1v) is 8.51. The minimum Gasteiger partial charge on any atom is -0.342 e. The molecule has 1 aromatic heterocycles. The van der Waals surface area contributed by atoms with Gasteiger partial charge in [0.25, 0.3) is 5.56 Å². The molecule has 0 aliphatic carbocycles. The third kappa shape index (κ3) is 4.38.